The predicted octanol–water partition coefficient (Wildman–Crippen LogP) is 2.11. The molecule has 0 radical (unpaired) electrons. The first-order valence-electron chi connectivity index (χ1n) is 5.94. The quantitative estimate of drug-likeness (QED) is 0.805. The minimum Gasteiger partial charge on any atom is -0.504 e. The second kappa shape index (κ2) is 6.02. The third-order valence-corrected chi connectivity index (χ3v) is 2.72. The van der Waals surface area contributed by atoms with Crippen LogP contribution in [0.5, 0.6) is 11.5 Å². The Bertz CT molecular complexity index is 567. The summed E-state index contributed by atoms with van der Waals surface area (Å²) in [5.74, 6) is -0.195. The highest BCUT2D eigenvalue weighted by atomic mass is 16.5. The Balaban J connectivity index is 2.15. The van der Waals surface area contributed by atoms with Gasteiger partial charge >= 0.3 is 0 Å². The summed E-state index contributed by atoms with van der Waals surface area (Å²) in [4.78, 5) is 11.5. The molecule has 0 aliphatic carbocycles. The van der Waals surface area contributed by atoms with Crippen LogP contribution < -0.4 is 10.5 Å². The number of phenolic OH excluding ortho intramolecular Hbond substituents is 1. The van der Waals surface area contributed by atoms with E-state index in [1.54, 1.807) is 12.1 Å². The van der Waals surface area contributed by atoms with Crippen molar-refractivity contribution in [1.82, 2.24) is 0 Å². The van der Waals surface area contributed by atoms with Gasteiger partial charge in [-0.25, -0.2) is 0 Å². The van der Waals surface area contributed by atoms with Crippen molar-refractivity contribution < 1.29 is 14.6 Å². The van der Waals surface area contributed by atoms with Gasteiger partial charge in [-0.05, 0) is 17.7 Å². The molecule has 0 bridgehead atoms. The lowest BCUT2D eigenvalue weighted by atomic mass is 10.1. The van der Waals surface area contributed by atoms with Crippen LogP contribution in [0.2, 0.25) is 0 Å². The number of carbonyl (C=O) groups excluding carboxylic acids is 1. The lowest BCUT2D eigenvalue weighted by molar-refractivity contribution is 0.0998. The fourth-order valence-electron chi connectivity index (χ4n) is 1.71. The molecule has 0 aliphatic rings. The number of carbonyl (C=O) groups is 1. The van der Waals surface area contributed by atoms with E-state index in [1.807, 2.05) is 30.3 Å². The fourth-order valence-corrected chi connectivity index (χ4v) is 1.71. The Kier molecular flexibility index (Phi) is 4.15. The van der Waals surface area contributed by atoms with Crippen LogP contribution in [0.4, 0.5) is 0 Å². The molecule has 0 atom stereocenters. The number of hydrogen-bond acceptors (Lipinski definition) is 4. The average Bonchev–Trinajstić information content (AvgIpc) is 2.46. The third kappa shape index (κ3) is 3.11. The number of Topliss-reactive ketones (excluding diaryl/α,β-unsaturated/α-hetero) is 1. The summed E-state index contributed by atoms with van der Waals surface area (Å²) < 4.78 is 5.52. The van der Waals surface area contributed by atoms with Crippen molar-refractivity contribution in [3.05, 3.63) is 59.7 Å². The molecular weight excluding hydrogens is 242 g/mol. The molecule has 0 unspecified atom stereocenters. The van der Waals surface area contributed by atoms with Gasteiger partial charge in [0, 0.05) is 0 Å². The van der Waals surface area contributed by atoms with Crippen molar-refractivity contribution in [3.8, 4) is 11.5 Å². The van der Waals surface area contributed by atoms with Gasteiger partial charge in [0.05, 0.1) is 12.1 Å². The van der Waals surface area contributed by atoms with Crippen molar-refractivity contribution in [2.75, 3.05) is 6.54 Å². The maximum Gasteiger partial charge on any atom is 0.180 e. The molecule has 0 heterocycles. The van der Waals surface area contributed by atoms with E-state index in [4.69, 9.17) is 10.5 Å². The van der Waals surface area contributed by atoms with Gasteiger partial charge in [-0.15, -0.1) is 0 Å². The van der Waals surface area contributed by atoms with Crippen molar-refractivity contribution in [3.63, 3.8) is 0 Å². The third-order valence-electron chi connectivity index (χ3n) is 2.72. The van der Waals surface area contributed by atoms with Gasteiger partial charge in [0.25, 0.3) is 0 Å². The summed E-state index contributed by atoms with van der Waals surface area (Å²) in [7, 11) is 0. The Morgan fingerprint density at radius 2 is 1.84 bits per heavy atom. The van der Waals surface area contributed by atoms with Crippen LogP contribution in [-0.2, 0) is 6.61 Å². The summed E-state index contributed by atoms with van der Waals surface area (Å²) >= 11 is 0. The molecule has 2 aromatic carbocycles. The topological polar surface area (TPSA) is 72.6 Å². The zero-order valence-electron chi connectivity index (χ0n) is 10.4. The van der Waals surface area contributed by atoms with Crippen LogP contribution in [0, 0.1) is 0 Å². The Morgan fingerprint density at radius 3 is 2.53 bits per heavy atom. The van der Waals surface area contributed by atoms with Gasteiger partial charge in [0.1, 0.15) is 6.61 Å². The van der Waals surface area contributed by atoms with Crippen molar-refractivity contribution in [2.24, 2.45) is 5.73 Å². The van der Waals surface area contributed by atoms with Gasteiger partial charge in [0.15, 0.2) is 17.3 Å². The van der Waals surface area contributed by atoms with Crippen molar-refractivity contribution >= 4 is 5.78 Å². The predicted molar refractivity (Wildman–Crippen MR) is 72.3 cm³/mol. The second-order valence-corrected chi connectivity index (χ2v) is 4.05. The first-order valence-corrected chi connectivity index (χ1v) is 5.94. The summed E-state index contributed by atoms with van der Waals surface area (Å²) in [6.45, 7) is 0.185. The second-order valence-electron chi connectivity index (χ2n) is 4.05. The smallest absolute Gasteiger partial charge is 0.180 e. The highest BCUT2D eigenvalue weighted by Crippen LogP contribution is 2.30. The number of nitrogens with two attached hydrogens (primary N) is 1. The molecule has 4 heteroatoms. The molecule has 3 N–H and O–H groups in total. The lowest BCUT2D eigenvalue weighted by Crippen LogP contribution is -2.13. The van der Waals surface area contributed by atoms with E-state index in [9.17, 15) is 9.90 Å². The zero-order chi connectivity index (χ0) is 13.7. The van der Waals surface area contributed by atoms with Crippen LogP contribution in [0.3, 0.4) is 0 Å². The molecule has 0 amide bonds. The minimum absolute atomic E-state index is 0.143. The fraction of sp³-hybridized carbons (Fsp3) is 0.133. The molecule has 98 valence electrons. The molecule has 0 aliphatic heterocycles. The summed E-state index contributed by atoms with van der Waals surface area (Å²) in [5, 5.41) is 9.97. The number of aromatic hydroxyl groups is 1. The molecule has 4 nitrogen and oxygen atoms in total. The Labute approximate surface area is 111 Å². The molecule has 0 saturated carbocycles. The molecule has 0 saturated heterocycles. The van der Waals surface area contributed by atoms with Gasteiger partial charge in [-0.2, -0.15) is 0 Å². The molecule has 0 fully saturated rings. The van der Waals surface area contributed by atoms with E-state index >= 15 is 0 Å². The molecule has 19 heavy (non-hydrogen) atoms. The highest BCUT2D eigenvalue weighted by Gasteiger charge is 2.13. The molecule has 0 spiro atoms. The van der Waals surface area contributed by atoms with Crippen LogP contribution in [0.25, 0.3) is 0 Å². The maximum atomic E-state index is 11.5. The van der Waals surface area contributed by atoms with Gasteiger partial charge in [0.2, 0.25) is 0 Å². The lowest BCUT2D eigenvalue weighted by Gasteiger charge is -2.10. The van der Waals surface area contributed by atoms with E-state index in [0.717, 1.165) is 5.56 Å². The molecule has 2 aromatic rings. The van der Waals surface area contributed by atoms with Gasteiger partial charge in [-0.3, -0.25) is 4.79 Å². The first kappa shape index (κ1) is 13.1. The molecule has 0 aromatic heterocycles. The first-order chi connectivity index (χ1) is 9.22. The summed E-state index contributed by atoms with van der Waals surface area (Å²) in [6, 6.07) is 14.4. The average molecular weight is 257 g/mol. The number of benzene rings is 2. The number of phenols is 1. The van der Waals surface area contributed by atoms with E-state index in [1.165, 1.54) is 6.07 Å². The van der Waals surface area contributed by atoms with Crippen LogP contribution in [0.1, 0.15) is 15.9 Å². The van der Waals surface area contributed by atoms with E-state index < -0.39 is 0 Å². The highest BCUT2D eigenvalue weighted by molar-refractivity contribution is 6.00. The number of para-hydroxylation sites is 1. The van der Waals surface area contributed by atoms with Crippen molar-refractivity contribution in [1.29, 1.82) is 0 Å². The standard InChI is InChI=1S/C15H15NO3/c16-9-13(17)12-7-4-8-14(15(12)18)19-10-11-5-2-1-3-6-11/h1-8,18H,9-10,16H2. The number of ether oxygens (including phenoxy) is 1. The minimum atomic E-state index is -0.317. The zero-order valence-corrected chi connectivity index (χ0v) is 10.4. The number of hydrogen-bond donors (Lipinski definition) is 2. The number of rotatable bonds is 5. The molecule has 2 rings (SSSR count). The Hall–Kier alpha value is -2.33. The van der Waals surface area contributed by atoms with Gasteiger partial charge < -0.3 is 15.6 Å². The van der Waals surface area contributed by atoms with E-state index in [0.29, 0.717) is 6.61 Å². The van der Waals surface area contributed by atoms with Crippen LogP contribution in [0.15, 0.2) is 48.5 Å². The largest absolute Gasteiger partial charge is 0.504 e. The Morgan fingerprint density at radius 1 is 1.11 bits per heavy atom. The van der Waals surface area contributed by atoms with E-state index in [2.05, 4.69) is 0 Å². The van der Waals surface area contributed by atoms with Crippen molar-refractivity contribution in [2.45, 2.75) is 6.61 Å². The summed E-state index contributed by atoms with van der Waals surface area (Å²) in [6.07, 6.45) is 0. The SMILES string of the molecule is NCC(=O)c1cccc(OCc2ccccc2)c1O. The maximum absolute atomic E-state index is 11.5. The van der Waals surface area contributed by atoms with Crippen LogP contribution >= 0.6 is 0 Å². The summed E-state index contributed by atoms with van der Waals surface area (Å²) in [5.41, 5.74) is 6.46. The monoisotopic (exact) mass is 257 g/mol. The van der Waals surface area contributed by atoms with Crippen LogP contribution in [-0.4, -0.2) is 17.4 Å². The molecular formula is C15H15NO3. The van der Waals surface area contributed by atoms with Gasteiger partial charge in [-0.1, -0.05) is 36.4 Å². The number of ketones is 1. The van der Waals surface area contributed by atoms with E-state index in [-0.39, 0.29) is 29.4 Å². The normalized spacial score (nSPS) is 10.2.